The molecule has 1 N–H and O–H groups in total. The first-order chi connectivity index (χ1) is 11.3. The molecule has 1 unspecified atom stereocenters. The van der Waals surface area contributed by atoms with E-state index in [2.05, 4.69) is 39.9 Å². The monoisotopic (exact) mass is 332 g/mol. The molecule has 1 atom stereocenters. The van der Waals surface area contributed by atoms with Crippen LogP contribution in [0.4, 0.5) is 0 Å². The van der Waals surface area contributed by atoms with E-state index in [4.69, 9.17) is 9.47 Å². The fourth-order valence-corrected chi connectivity index (χ4v) is 3.96. The predicted molar refractivity (Wildman–Crippen MR) is 94.8 cm³/mol. The zero-order valence-corrected chi connectivity index (χ0v) is 14.6. The van der Waals surface area contributed by atoms with Crippen molar-refractivity contribution < 1.29 is 9.47 Å². The van der Waals surface area contributed by atoms with E-state index >= 15 is 0 Å². The van der Waals surface area contributed by atoms with Crippen molar-refractivity contribution in [3.8, 4) is 11.5 Å². The average Bonchev–Trinajstić information content (AvgIpc) is 3.11. The summed E-state index contributed by atoms with van der Waals surface area (Å²) in [7, 11) is 1.69. The van der Waals surface area contributed by atoms with Gasteiger partial charge in [-0.1, -0.05) is 12.1 Å². The number of hydrogen-bond donors (Lipinski definition) is 1. The van der Waals surface area contributed by atoms with Crippen LogP contribution in [0.2, 0.25) is 0 Å². The number of piperazine rings is 1. The second-order valence-electron chi connectivity index (χ2n) is 5.55. The fraction of sp³-hybridized carbons (Fsp3) is 0.444. The van der Waals surface area contributed by atoms with Gasteiger partial charge in [-0.3, -0.25) is 4.90 Å². The molecule has 2 aromatic rings. The molecule has 2 heterocycles. The van der Waals surface area contributed by atoms with E-state index in [1.165, 1.54) is 10.4 Å². The molecule has 1 fully saturated rings. The Balaban J connectivity index is 1.97. The Bertz CT molecular complexity index is 609. The molecule has 0 bridgehead atoms. The first-order valence-corrected chi connectivity index (χ1v) is 9.00. The molecule has 4 nitrogen and oxygen atoms in total. The summed E-state index contributed by atoms with van der Waals surface area (Å²) in [5.74, 6) is 1.62. The van der Waals surface area contributed by atoms with Crippen LogP contribution in [-0.4, -0.2) is 44.8 Å². The molecule has 0 aliphatic carbocycles. The third-order valence-corrected chi connectivity index (χ3v) is 5.06. The molecule has 0 spiro atoms. The van der Waals surface area contributed by atoms with Gasteiger partial charge in [-0.2, -0.15) is 0 Å². The molecule has 3 rings (SSSR count). The fourth-order valence-electron chi connectivity index (χ4n) is 3.07. The summed E-state index contributed by atoms with van der Waals surface area (Å²) in [4.78, 5) is 3.92. The highest BCUT2D eigenvalue weighted by Crippen LogP contribution is 2.37. The highest BCUT2D eigenvalue weighted by atomic mass is 32.1. The van der Waals surface area contributed by atoms with E-state index in [1.54, 1.807) is 7.11 Å². The smallest absolute Gasteiger partial charge is 0.161 e. The van der Waals surface area contributed by atoms with E-state index in [1.807, 2.05) is 24.3 Å². The summed E-state index contributed by atoms with van der Waals surface area (Å²) in [5, 5.41) is 5.58. The Morgan fingerprint density at radius 1 is 1.22 bits per heavy atom. The van der Waals surface area contributed by atoms with Crippen LogP contribution in [0.25, 0.3) is 0 Å². The van der Waals surface area contributed by atoms with Gasteiger partial charge >= 0.3 is 0 Å². The Morgan fingerprint density at radius 3 is 2.70 bits per heavy atom. The standard InChI is InChI=1S/C18H24N2O2S/c1-3-22-16-13-14(6-7-15(16)21-2)18(17-5-4-12-23-17)20-10-8-19-9-11-20/h4-7,12-13,18-19H,3,8-11H2,1-2H3. The maximum Gasteiger partial charge on any atom is 0.161 e. The highest BCUT2D eigenvalue weighted by molar-refractivity contribution is 7.10. The lowest BCUT2D eigenvalue weighted by molar-refractivity contribution is 0.200. The quantitative estimate of drug-likeness (QED) is 0.881. The summed E-state index contributed by atoms with van der Waals surface area (Å²) in [6, 6.07) is 10.9. The van der Waals surface area contributed by atoms with Gasteiger partial charge in [0, 0.05) is 31.1 Å². The van der Waals surface area contributed by atoms with Crippen molar-refractivity contribution in [3.05, 3.63) is 46.2 Å². The summed E-state index contributed by atoms with van der Waals surface area (Å²) < 4.78 is 11.2. The van der Waals surface area contributed by atoms with E-state index in [0.717, 1.165) is 37.7 Å². The van der Waals surface area contributed by atoms with Crippen molar-refractivity contribution in [1.82, 2.24) is 10.2 Å². The Kier molecular flexibility index (Phi) is 5.54. The summed E-state index contributed by atoms with van der Waals surface area (Å²) in [6.07, 6.45) is 0. The van der Waals surface area contributed by atoms with E-state index in [9.17, 15) is 0 Å². The van der Waals surface area contributed by atoms with Crippen LogP contribution >= 0.6 is 11.3 Å². The zero-order chi connectivity index (χ0) is 16.1. The summed E-state index contributed by atoms with van der Waals surface area (Å²) >= 11 is 1.81. The number of thiophene rings is 1. The highest BCUT2D eigenvalue weighted by Gasteiger charge is 2.25. The van der Waals surface area contributed by atoms with Gasteiger partial charge in [-0.25, -0.2) is 0 Å². The molecule has 5 heteroatoms. The average molecular weight is 332 g/mol. The van der Waals surface area contributed by atoms with Crippen molar-refractivity contribution in [2.24, 2.45) is 0 Å². The van der Waals surface area contributed by atoms with Gasteiger partial charge in [0.2, 0.25) is 0 Å². The van der Waals surface area contributed by atoms with Crippen molar-refractivity contribution >= 4 is 11.3 Å². The lowest BCUT2D eigenvalue weighted by atomic mass is 10.0. The molecule has 0 radical (unpaired) electrons. The van der Waals surface area contributed by atoms with Crippen LogP contribution in [0.15, 0.2) is 35.7 Å². The largest absolute Gasteiger partial charge is 0.493 e. The van der Waals surface area contributed by atoms with Gasteiger partial charge in [0.25, 0.3) is 0 Å². The molecule has 1 aliphatic heterocycles. The molecule has 0 saturated carbocycles. The first-order valence-electron chi connectivity index (χ1n) is 8.12. The number of methoxy groups -OCH3 is 1. The second-order valence-corrected chi connectivity index (χ2v) is 6.53. The van der Waals surface area contributed by atoms with E-state index in [-0.39, 0.29) is 6.04 Å². The van der Waals surface area contributed by atoms with Gasteiger partial charge in [0.05, 0.1) is 19.8 Å². The van der Waals surface area contributed by atoms with Crippen LogP contribution in [0.3, 0.4) is 0 Å². The van der Waals surface area contributed by atoms with Gasteiger partial charge < -0.3 is 14.8 Å². The van der Waals surface area contributed by atoms with Gasteiger partial charge in [-0.05, 0) is 36.1 Å². The SMILES string of the molecule is CCOc1cc(C(c2cccs2)N2CCNCC2)ccc1OC. The summed E-state index contributed by atoms with van der Waals surface area (Å²) in [6.45, 7) is 6.82. The third kappa shape index (κ3) is 3.68. The lowest BCUT2D eigenvalue weighted by Crippen LogP contribution is -2.45. The van der Waals surface area contributed by atoms with Crippen LogP contribution < -0.4 is 14.8 Å². The van der Waals surface area contributed by atoms with Crippen LogP contribution in [0.5, 0.6) is 11.5 Å². The number of benzene rings is 1. The van der Waals surface area contributed by atoms with Crippen molar-refractivity contribution in [1.29, 1.82) is 0 Å². The number of hydrogen-bond acceptors (Lipinski definition) is 5. The minimum Gasteiger partial charge on any atom is -0.493 e. The normalized spacial score (nSPS) is 17.0. The maximum atomic E-state index is 5.77. The Labute approximate surface area is 142 Å². The van der Waals surface area contributed by atoms with Crippen molar-refractivity contribution in [3.63, 3.8) is 0 Å². The number of nitrogens with zero attached hydrogens (tertiary/aromatic N) is 1. The molecule has 1 aromatic heterocycles. The maximum absolute atomic E-state index is 5.77. The molecule has 1 aromatic carbocycles. The van der Waals surface area contributed by atoms with Crippen LogP contribution in [0.1, 0.15) is 23.4 Å². The van der Waals surface area contributed by atoms with E-state index < -0.39 is 0 Å². The number of nitrogens with one attached hydrogen (secondary N) is 1. The Hall–Kier alpha value is -1.56. The summed E-state index contributed by atoms with van der Waals surface area (Å²) in [5.41, 5.74) is 1.26. The molecular formula is C18H24N2O2S. The van der Waals surface area contributed by atoms with Crippen LogP contribution in [-0.2, 0) is 0 Å². The first kappa shape index (κ1) is 16.3. The zero-order valence-electron chi connectivity index (χ0n) is 13.7. The number of ether oxygens (including phenoxy) is 2. The van der Waals surface area contributed by atoms with Gasteiger partial charge in [-0.15, -0.1) is 11.3 Å². The van der Waals surface area contributed by atoms with E-state index in [0.29, 0.717) is 6.61 Å². The van der Waals surface area contributed by atoms with Crippen molar-refractivity contribution in [2.45, 2.75) is 13.0 Å². The molecule has 124 valence electrons. The predicted octanol–water partition coefficient (Wildman–Crippen LogP) is 3.15. The molecule has 1 saturated heterocycles. The molecule has 0 amide bonds. The third-order valence-electron chi connectivity index (χ3n) is 4.13. The molecular weight excluding hydrogens is 308 g/mol. The van der Waals surface area contributed by atoms with Crippen LogP contribution in [0, 0.1) is 0 Å². The minimum atomic E-state index is 0.280. The molecule has 23 heavy (non-hydrogen) atoms. The number of rotatable bonds is 6. The van der Waals surface area contributed by atoms with Gasteiger partial charge in [0.15, 0.2) is 11.5 Å². The lowest BCUT2D eigenvalue weighted by Gasteiger charge is -2.35. The topological polar surface area (TPSA) is 33.7 Å². The molecule has 1 aliphatic rings. The van der Waals surface area contributed by atoms with Gasteiger partial charge in [0.1, 0.15) is 0 Å². The minimum absolute atomic E-state index is 0.280. The second kappa shape index (κ2) is 7.81. The van der Waals surface area contributed by atoms with Crippen molar-refractivity contribution in [2.75, 3.05) is 39.9 Å². The Morgan fingerprint density at radius 2 is 2.04 bits per heavy atom.